The normalized spacial score (nSPS) is 10.7. The summed E-state index contributed by atoms with van der Waals surface area (Å²) in [5, 5.41) is 2.48. The van der Waals surface area contributed by atoms with E-state index >= 15 is 0 Å². The smallest absolute Gasteiger partial charge is 0.238 e. The lowest BCUT2D eigenvalue weighted by molar-refractivity contribution is -0.114. The molecule has 1 N–H and O–H groups in total. The van der Waals surface area contributed by atoms with Gasteiger partial charge >= 0.3 is 0 Å². The van der Waals surface area contributed by atoms with Gasteiger partial charge < -0.3 is 5.32 Å². The van der Waals surface area contributed by atoms with E-state index in [4.69, 9.17) is 0 Å². The van der Waals surface area contributed by atoms with Gasteiger partial charge in [-0.15, -0.1) is 0 Å². The quantitative estimate of drug-likeness (QED) is 0.767. The zero-order valence-corrected chi connectivity index (χ0v) is 8.74. The molecule has 1 rings (SSSR count). The molecule has 1 aromatic rings. The van der Waals surface area contributed by atoms with Crippen LogP contribution in [-0.4, -0.2) is 19.9 Å². The van der Waals surface area contributed by atoms with E-state index in [0.717, 1.165) is 0 Å². The molecule has 0 spiro atoms. The van der Waals surface area contributed by atoms with Gasteiger partial charge in [-0.25, -0.2) is 8.42 Å². The van der Waals surface area contributed by atoms with Crippen molar-refractivity contribution in [3.05, 3.63) is 24.3 Å². The van der Waals surface area contributed by atoms with Crippen LogP contribution in [0.1, 0.15) is 6.92 Å². The maximum Gasteiger partial charge on any atom is 0.238 e. The Morgan fingerprint density at radius 1 is 1.27 bits per heavy atom. The molecule has 0 aliphatic heterocycles. The summed E-state index contributed by atoms with van der Waals surface area (Å²) in [6.07, 6.45) is 0. The Bertz CT molecular complexity index is 475. The van der Waals surface area contributed by atoms with E-state index in [1.165, 1.54) is 31.2 Å². The average molecular weight is 227 g/mol. The molecule has 6 heteroatoms. The second-order valence-corrected chi connectivity index (χ2v) is 4.60. The van der Waals surface area contributed by atoms with Crippen molar-refractivity contribution in [2.75, 3.05) is 5.32 Å². The fourth-order valence-corrected chi connectivity index (χ4v) is 1.61. The van der Waals surface area contributed by atoms with Crippen molar-refractivity contribution in [3.63, 3.8) is 0 Å². The van der Waals surface area contributed by atoms with Crippen molar-refractivity contribution in [3.8, 4) is 0 Å². The molecule has 15 heavy (non-hydrogen) atoms. The van der Waals surface area contributed by atoms with Gasteiger partial charge in [-0.3, -0.25) is 9.59 Å². The first-order valence-corrected chi connectivity index (χ1v) is 5.58. The number of benzene rings is 1. The molecular formula is C9H9NO4S. The van der Waals surface area contributed by atoms with Crippen molar-refractivity contribution in [1.29, 1.82) is 0 Å². The summed E-state index contributed by atoms with van der Waals surface area (Å²) in [5.41, 5.74) is 0.368. The SMILES string of the molecule is CC(=O)Nc1ccc(S(=O)(=O)C=O)cc1. The van der Waals surface area contributed by atoms with Crippen LogP contribution in [0.3, 0.4) is 0 Å². The summed E-state index contributed by atoms with van der Waals surface area (Å²) in [6.45, 7) is 1.34. The maximum absolute atomic E-state index is 11.1. The van der Waals surface area contributed by atoms with Gasteiger partial charge in [0.05, 0.1) is 4.90 Å². The number of anilines is 1. The topological polar surface area (TPSA) is 80.3 Å². The summed E-state index contributed by atoms with van der Waals surface area (Å²) in [5.74, 6) is -0.249. The highest BCUT2D eigenvalue weighted by molar-refractivity contribution is 8.04. The fraction of sp³-hybridized carbons (Fsp3) is 0.111. The molecule has 0 heterocycles. The third kappa shape index (κ3) is 2.88. The van der Waals surface area contributed by atoms with Crippen LogP contribution >= 0.6 is 0 Å². The van der Waals surface area contributed by atoms with E-state index in [0.29, 0.717) is 5.69 Å². The fourth-order valence-electron chi connectivity index (χ4n) is 0.987. The van der Waals surface area contributed by atoms with Crippen molar-refractivity contribution >= 4 is 27.1 Å². The molecule has 0 bridgehead atoms. The van der Waals surface area contributed by atoms with Crippen molar-refractivity contribution in [1.82, 2.24) is 0 Å². The van der Waals surface area contributed by atoms with E-state index in [2.05, 4.69) is 5.32 Å². The maximum atomic E-state index is 11.1. The van der Waals surface area contributed by atoms with Gasteiger partial charge in [0.2, 0.25) is 21.4 Å². The summed E-state index contributed by atoms with van der Waals surface area (Å²) in [4.78, 5) is 20.8. The van der Waals surface area contributed by atoms with Crippen LogP contribution < -0.4 is 5.32 Å². The molecule has 1 aromatic carbocycles. The summed E-state index contributed by atoms with van der Waals surface area (Å²) >= 11 is 0. The van der Waals surface area contributed by atoms with Crippen LogP contribution in [0.15, 0.2) is 29.2 Å². The zero-order chi connectivity index (χ0) is 11.5. The van der Waals surface area contributed by atoms with Gasteiger partial charge in [-0.2, -0.15) is 0 Å². The Balaban J connectivity index is 3.00. The first-order valence-electron chi connectivity index (χ1n) is 4.03. The van der Waals surface area contributed by atoms with Crippen LogP contribution in [-0.2, 0) is 19.4 Å². The Morgan fingerprint density at radius 2 is 1.80 bits per heavy atom. The second kappa shape index (κ2) is 4.22. The molecule has 0 aliphatic carbocycles. The Kier molecular flexibility index (Phi) is 3.21. The van der Waals surface area contributed by atoms with Gasteiger partial charge in [0.15, 0.2) is 0 Å². The highest BCUT2D eigenvalue weighted by atomic mass is 32.2. The molecule has 0 aliphatic rings. The minimum absolute atomic E-state index is 0.0911. The second-order valence-electron chi connectivity index (χ2n) is 2.85. The van der Waals surface area contributed by atoms with Gasteiger partial charge in [0, 0.05) is 12.6 Å². The molecule has 0 saturated carbocycles. The Labute approximate surface area is 87.0 Å². The van der Waals surface area contributed by atoms with E-state index in [9.17, 15) is 18.0 Å². The van der Waals surface area contributed by atoms with Gasteiger partial charge in [-0.05, 0) is 24.3 Å². The summed E-state index contributed by atoms with van der Waals surface area (Å²) in [6, 6.07) is 5.35. The van der Waals surface area contributed by atoms with Crippen LogP contribution in [0.4, 0.5) is 5.69 Å². The predicted octanol–water partition coefficient (Wildman–Crippen LogP) is 0.609. The number of sulfone groups is 1. The Hall–Kier alpha value is -1.69. The van der Waals surface area contributed by atoms with E-state index in [1.54, 1.807) is 0 Å². The number of hydrogen-bond donors (Lipinski definition) is 1. The third-order valence-corrected chi connectivity index (χ3v) is 2.81. The lowest BCUT2D eigenvalue weighted by Gasteiger charge is -2.02. The highest BCUT2D eigenvalue weighted by Crippen LogP contribution is 2.13. The highest BCUT2D eigenvalue weighted by Gasteiger charge is 2.11. The average Bonchev–Trinajstić information content (AvgIpc) is 2.18. The lowest BCUT2D eigenvalue weighted by atomic mass is 10.3. The number of nitrogens with one attached hydrogen (secondary N) is 1. The van der Waals surface area contributed by atoms with Gasteiger partial charge in [-0.1, -0.05) is 0 Å². The van der Waals surface area contributed by atoms with Crippen LogP contribution in [0.5, 0.6) is 0 Å². The number of rotatable bonds is 3. The third-order valence-electron chi connectivity index (χ3n) is 1.63. The molecule has 0 saturated heterocycles. The van der Waals surface area contributed by atoms with Crippen LogP contribution in [0.2, 0.25) is 0 Å². The molecule has 1 amide bonds. The Morgan fingerprint density at radius 3 is 2.20 bits per heavy atom. The molecule has 0 fully saturated rings. The standard InChI is InChI=1S/C9H9NO4S/c1-7(12)10-8-2-4-9(5-3-8)15(13,14)6-11/h2-6H,1H3,(H,10,12). The molecular weight excluding hydrogens is 218 g/mol. The molecule has 0 unspecified atom stereocenters. The predicted molar refractivity (Wildman–Crippen MR) is 54.7 cm³/mol. The first-order chi connectivity index (χ1) is 6.95. The van der Waals surface area contributed by atoms with E-state index in [-0.39, 0.29) is 16.4 Å². The summed E-state index contributed by atoms with van der Waals surface area (Å²) < 4.78 is 22.2. The van der Waals surface area contributed by atoms with Crippen LogP contribution in [0.25, 0.3) is 0 Å². The zero-order valence-electron chi connectivity index (χ0n) is 7.93. The van der Waals surface area contributed by atoms with Crippen molar-refractivity contribution in [2.45, 2.75) is 11.8 Å². The van der Waals surface area contributed by atoms with Gasteiger partial charge in [0.1, 0.15) is 0 Å². The number of amides is 1. The minimum Gasteiger partial charge on any atom is -0.326 e. The van der Waals surface area contributed by atoms with Crippen LogP contribution in [0, 0.1) is 0 Å². The molecule has 0 aromatic heterocycles. The molecule has 0 atom stereocenters. The first kappa shape index (κ1) is 11.4. The largest absolute Gasteiger partial charge is 0.326 e. The summed E-state index contributed by atoms with van der Waals surface area (Å²) in [7, 11) is -3.84. The minimum atomic E-state index is -3.84. The van der Waals surface area contributed by atoms with Gasteiger partial charge in [0.25, 0.3) is 0 Å². The monoisotopic (exact) mass is 227 g/mol. The van der Waals surface area contributed by atoms with E-state index < -0.39 is 9.84 Å². The number of carbonyl (C=O) groups is 2. The number of hydrogen-bond acceptors (Lipinski definition) is 4. The number of carbonyl (C=O) groups excluding carboxylic acids is 2. The molecule has 5 nitrogen and oxygen atoms in total. The van der Waals surface area contributed by atoms with E-state index in [1.807, 2.05) is 0 Å². The van der Waals surface area contributed by atoms with Crippen molar-refractivity contribution < 1.29 is 18.0 Å². The molecule has 80 valence electrons. The molecule has 0 radical (unpaired) electrons. The van der Waals surface area contributed by atoms with Crippen molar-refractivity contribution in [2.24, 2.45) is 0 Å². The lowest BCUT2D eigenvalue weighted by Crippen LogP contribution is -2.06.